The summed E-state index contributed by atoms with van der Waals surface area (Å²) in [5.74, 6) is 0.408. The topological polar surface area (TPSA) is 70.1 Å². The number of amides is 2. The van der Waals surface area contributed by atoms with E-state index in [9.17, 15) is 14.7 Å². The van der Waals surface area contributed by atoms with Crippen molar-refractivity contribution >= 4 is 11.8 Å². The fourth-order valence-corrected chi connectivity index (χ4v) is 4.64. The zero-order valence-electron chi connectivity index (χ0n) is 13.5. The molecule has 0 aromatic heterocycles. The number of aliphatic hydroxyl groups excluding tert-OH is 1. The van der Waals surface area contributed by atoms with Gasteiger partial charge in [-0.2, -0.15) is 0 Å². The minimum Gasteiger partial charge on any atom is -0.393 e. The lowest BCUT2D eigenvalue weighted by atomic mass is 9.78. The van der Waals surface area contributed by atoms with Gasteiger partial charge in [-0.3, -0.25) is 9.59 Å². The summed E-state index contributed by atoms with van der Waals surface area (Å²) in [5, 5.41) is 9.44. The number of aliphatic hydroxyl groups is 1. The van der Waals surface area contributed by atoms with Crippen LogP contribution in [0.5, 0.6) is 0 Å². The average molecular weight is 322 g/mol. The predicted molar refractivity (Wildman–Crippen MR) is 82.5 cm³/mol. The van der Waals surface area contributed by atoms with Crippen molar-refractivity contribution in [1.82, 2.24) is 9.80 Å². The number of carbonyl (C=O) groups excluding carboxylic acids is 2. The van der Waals surface area contributed by atoms with Crippen LogP contribution in [0.2, 0.25) is 0 Å². The zero-order valence-corrected chi connectivity index (χ0v) is 13.5. The van der Waals surface area contributed by atoms with E-state index in [0.29, 0.717) is 32.5 Å². The average Bonchev–Trinajstić information content (AvgIpc) is 3.20. The molecule has 0 aromatic carbocycles. The summed E-state index contributed by atoms with van der Waals surface area (Å²) in [6.45, 7) is 3.56. The lowest BCUT2D eigenvalue weighted by Crippen LogP contribution is -2.56. The first-order chi connectivity index (χ1) is 11.1. The van der Waals surface area contributed by atoms with Crippen LogP contribution in [-0.4, -0.2) is 71.7 Å². The number of nitrogens with zero attached hydrogens (tertiary/aromatic N) is 2. The third-order valence-electron chi connectivity index (χ3n) is 6.10. The van der Waals surface area contributed by atoms with Gasteiger partial charge in [0.05, 0.1) is 18.1 Å². The van der Waals surface area contributed by atoms with Gasteiger partial charge in [0.1, 0.15) is 0 Å². The van der Waals surface area contributed by atoms with E-state index in [0.717, 1.165) is 32.4 Å². The molecule has 6 nitrogen and oxygen atoms in total. The van der Waals surface area contributed by atoms with Crippen molar-refractivity contribution in [3.63, 3.8) is 0 Å². The van der Waals surface area contributed by atoms with Crippen LogP contribution in [0.1, 0.15) is 32.1 Å². The van der Waals surface area contributed by atoms with E-state index < -0.39 is 0 Å². The lowest BCUT2D eigenvalue weighted by molar-refractivity contribution is -0.152. The van der Waals surface area contributed by atoms with Crippen LogP contribution in [-0.2, 0) is 14.3 Å². The molecule has 3 aliphatic heterocycles. The monoisotopic (exact) mass is 322 g/mol. The van der Waals surface area contributed by atoms with Gasteiger partial charge >= 0.3 is 0 Å². The molecular weight excluding hydrogens is 296 g/mol. The van der Waals surface area contributed by atoms with Gasteiger partial charge in [-0.1, -0.05) is 0 Å². The highest BCUT2D eigenvalue weighted by Crippen LogP contribution is 2.37. The van der Waals surface area contributed by atoms with E-state index in [2.05, 4.69) is 0 Å². The molecule has 23 heavy (non-hydrogen) atoms. The Morgan fingerprint density at radius 1 is 1.00 bits per heavy atom. The minimum absolute atomic E-state index is 0.00857. The van der Waals surface area contributed by atoms with Crippen molar-refractivity contribution in [2.75, 3.05) is 32.8 Å². The number of likely N-dealkylation sites (tertiary alicyclic amines) is 2. The Morgan fingerprint density at radius 2 is 1.74 bits per heavy atom. The molecule has 3 atom stereocenters. The third-order valence-corrected chi connectivity index (χ3v) is 6.10. The maximum absolute atomic E-state index is 12.9. The smallest absolute Gasteiger partial charge is 0.227 e. The van der Waals surface area contributed by atoms with Crippen LogP contribution in [0.15, 0.2) is 0 Å². The normalized spacial score (nSPS) is 40.0. The molecule has 1 aliphatic carbocycles. The van der Waals surface area contributed by atoms with E-state index in [-0.39, 0.29) is 41.8 Å². The number of piperidine rings is 1. The van der Waals surface area contributed by atoms with Gasteiger partial charge in [-0.05, 0) is 32.1 Å². The SMILES string of the molecule is O=C(C1CC(O)C1)N1C[C@H]2OCC[C@H]2[C@H](C(=O)N2CCCC2)C1. The summed E-state index contributed by atoms with van der Waals surface area (Å²) in [6, 6.07) is 0. The Bertz CT molecular complexity index is 485. The van der Waals surface area contributed by atoms with Crippen molar-refractivity contribution in [1.29, 1.82) is 0 Å². The quantitative estimate of drug-likeness (QED) is 0.791. The van der Waals surface area contributed by atoms with E-state index in [1.54, 1.807) is 0 Å². The molecule has 6 heteroatoms. The van der Waals surface area contributed by atoms with Gasteiger partial charge in [0, 0.05) is 44.6 Å². The Labute approximate surface area is 136 Å². The predicted octanol–water partition coefficient (Wildman–Crippen LogP) is 0.243. The number of carbonyl (C=O) groups is 2. The highest BCUT2D eigenvalue weighted by atomic mass is 16.5. The van der Waals surface area contributed by atoms with Gasteiger partial charge in [-0.25, -0.2) is 0 Å². The van der Waals surface area contributed by atoms with Gasteiger partial charge < -0.3 is 19.6 Å². The molecule has 0 unspecified atom stereocenters. The summed E-state index contributed by atoms with van der Waals surface area (Å²) in [6.07, 6.45) is 3.92. The molecule has 3 heterocycles. The number of hydrogen-bond donors (Lipinski definition) is 1. The first-order valence-corrected chi connectivity index (χ1v) is 9.00. The van der Waals surface area contributed by atoms with Crippen molar-refractivity contribution < 1.29 is 19.4 Å². The number of ether oxygens (including phenoxy) is 1. The zero-order chi connectivity index (χ0) is 16.0. The second-order valence-corrected chi connectivity index (χ2v) is 7.57. The summed E-state index contributed by atoms with van der Waals surface area (Å²) in [4.78, 5) is 29.4. The van der Waals surface area contributed by atoms with Crippen molar-refractivity contribution in [3.05, 3.63) is 0 Å². The Morgan fingerprint density at radius 3 is 2.43 bits per heavy atom. The highest BCUT2D eigenvalue weighted by Gasteiger charge is 2.48. The maximum atomic E-state index is 12.9. The third kappa shape index (κ3) is 2.76. The summed E-state index contributed by atoms with van der Waals surface area (Å²) in [5.41, 5.74) is 0. The number of fused-ring (bicyclic) bond motifs is 1. The van der Waals surface area contributed by atoms with Crippen LogP contribution < -0.4 is 0 Å². The minimum atomic E-state index is -0.328. The Hall–Kier alpha value is -1.14. The molecule has 0 bridgehead atoms. The van der Waals surface area contributed by atoms with Crippen LogP contribution in [0.25, 0.3) is 0 Å². The van der Waals surface area contributed by atoms with Crippen LogP contribution in [0.4, 0.5) is 0 Å². The second kappa shape index (κ2) is 6.06. The van der Waals surface area contributed by atoms with Crippen LogP contribution in [0, 0.1) is 17.8 Å². The molecule has 3 saturated heterocycles. The van der Waals surface area contributed by atoms with Crippen molar-refractivity contribution in [2.45, 2.75) is 44.3 Å². The molecule has 4 fully saturated rings. The molecular formula is C17H26N2O4. The molecule has 2 amide bonds. The molecule has 128 valence electrons. The molecule has 4 aliphatic rings. The van der Waals surface area contributed by atoms with E-state index in [1.165, 1.54) is 0 Å². The summed E-state index contributed by atoms with van der Waals surface area (Å²) < 4.78 is 5.82. The van der Waals surface area contributed by atoms with Crippen molar-refractivity contribution in [2.24, 2.45) is 17.8 Å². The Kier molecular flexibility index (Phi) is 4.05. The van der Waals surface area contributed by atoms with Gasteiger partial charge in [-0.15, -0.1) is 0 Å². The fourth-order valence-electron chi connectivity index (χ4n) is 4.64. The van der Waals surface area contributed by atoms with E-state index >= 15 is 0 Å². The number of rotatable bonds is 2. The molecule has 0 radical (unpaired) electrons. The van der Waals surface area contributed by atoms with Crippen LogP contribution in [0.3, 0.4) is 0 Å². The molecule has 4 rings (SSSR count). The van der Waals surface area contributed by atoms with E-state index in [1.807, 2.05) is 9.80 Å². The molecule has 1 N–H and O–H groups in total. The molecule has 1 saturated carbocycles. The largest absolute Gasteiger partial charge is 0.393 e. The molecule has 0 aromatic rings. The van der Waals surface area contributed by atoms with Crippen LogP contribution >= 0.6 is 0 Å². The highest BCUT2D eigenvalue weighted by molar-refractivity contribution is 5.83. The van der Waals surface area contributed by atoms with Crippen molar-refractivity contribution in [3.8, 4) is 0 Å². The lowest BCUT2D eigenvalue weighted by Gasteiger charge is -2.43. The van der Waals surface area contributed by atoms with Gasteiger partial charge in [0.25, 0.3) is 0 Å². The first kappa shape index (κ1) is 15.4. The standard InChI is InChI=1S/C17H26N2O4/c20-12-7-11(8-12)16(21)19-9-14(13-3-6-23-15(13)10-19)17(22)18-4-1-2-5-18/h11-15,20H,1-10H2/t11?,12?,13-,14+,15+/m0/s1. The second-order valence-electron chi connectivity index (χ2n) is 7.57. The summed E-state index contributed by atoms with van der Waals surface area (Å²) >= 11 is 0. The van der Waals surface area contributed by atoms with E-state index in [4.69, 9.17) is 4.74 Å². The van der Waals surface area contributed by atoms with Gasteiger partial charge in [0.2, 0.25) is 11.8 Å². The van der Waals surface area contributed by atoms with Gasteiger partial charge in [0.15, 0.2) is 0 Å². The Balaban J connectivity index is 1.47. The maximum Gasteiger partial charge on any atom is 0.227 e. The fraction of sp³-hybridized carbons (Fsp3) is 0.882. The summed E-state index contributed by atoms with van der Waals surface area (Å²) in [7, 11) is 0. The number of hydrogen-bond acceptors (Lipinski definition) is 4. The first-order valence-electron chi connectivity index (χ1n) is 9.00. The molecule has 0 spiro atoms.